The monoisotopic (exact) mass is 178 g/mol. The third kappa shape index (κ3) is 1.50. The van der Waals surface area contributed by atoms with Gasteiger partial charge in [-0.1, -0.05) is 12.8 Å². The molecule has 0 bridgehead atoms. The number of aromatic nitrogens is 2. The van der Waals surface area contributed by atoms with Crippen molar-refractivity contribution >= 4 is 0 Å². The van der Waals surface area contributed by atoms with E-state index in [1.807, 2.05) is 11.5 Å². The molecule has 13 heavy (non-hydrogen) atoms. The molecule has 0 unspecified atom stereocenters. The van der Waals surface area contributed by atoms with Crippen LogP contribution in [0.25, 0.3) is 0 Å². The third-order valence-electron chi connectivity index (χ3n) is 2.75. The number of rotatable bonds is 1. The van der Waals surface area contributed by atoms with E-state index in [9.17, 15) is 4.79 Å². The second-order valence-corrected chi connectivity index (χ2v) is 3.70. The van der Waals surface area contributed by atoms with Crippen molar-refractivity contribution in [1.82, 2.24) is 9.55 Å². The van der Waals surface area contributed by atoms with E-state index >= 15 is 0 Å². The van der Waals surface area contributed by atoms with Gasteiger partial charge in [-0.05, 0) is 19.8 Å². The van der Waals surface area contributed by atoms with E-state index in [1.54, 1.807) is 6.20 Å². The van der Waals surface area contributed by atoms with Gasteiger partial charge in [-0.3, -0.25) is 9.78 Å². The van der Waals surface area contributed by atoms with Crippen LogP contribution >= 0.6 is 0 Å². The van der Waals surface area contributed by atoms with Gasteiger partial charge >= 0.3 is 0 Å². The fourth-order valence-electron chi connectivity index (χ4n) is 2.14. The summed E-state index contributed by atoms with van der Waals surface area (Å²) in [4.78, 5) is 15.4. The molecule has 1 heterocycles. The highest BCUT2D eigenvalue weighted by molar-refractivity contribution is 4.98. The van der Waals surface area contributed by atoms with Gasteiger partial charge in [0.05, 0.1) is 6.20 Å². The van der Waals surface area contributed by atoms with Crippen molar-refractivity contribution in [2.45, 2.75) is 38.6 Å². The lowest BCUT2D eigenvalue weighted by molar-refractivity contribution is 0.488. The SMILES string of the molecule is Cc1cncc(=O)n1C1CCCC1. The van der Waals surface area contributed by atoms with Crippen LogP contribution in [-0.2, 0) is 0 Å². The Hall–Kier alpha value is -1.12. The molecule has 1 saturated carbocycles. The molecule has 0 atom stereocenters. The van der Waals surface area contributed by atoms with Crippen molar-refractivity contribution in [3.63, 3.8) is 0 Å². The van der Waals surface area contributed by atoms with Crippen LogP contribution in [0.3, 0.4) is 0 Å². The molecule has 3 nitrogen and oxygen atoms in total. The number of hydrogen-bond acceptors (Lipinski definition) is 2. The van der Waals surface area contributed by atoms with Crippen LogP contribution in [0.4, 0.5) is 0 Å². The molecule has 1 fully saturated rings. The lowest BCUT2D eigenvalue weighted by Gasteiger charge is -2.15. The van der Waals surface area contributed by atoms with Crippen LogP contribution in [-0.4, -0.2) is 9.55 Å². The van der Waals surface area contributed by atoms with Gasteiger partial charge in [0.2, 0.25) is 0 Å². The maximum atomic E-state index is 11.5. The largest absolute Gasteiger partial charge is 0.307 e. The molecular weight excluding hydrogens is 164 g/mol. The zero-order valence-electron chi connectivity index (χ0n) is 7.86. The minimum absolute atomic E-state index is 0.0481. The average molecular weight is 178 g/mol. The Balaban J connectivity index is 2.43. The summed E-state index contributed by atoms with van der Waals surface area (Å²) in [5, 5.41) is 0. The van der Waals surface area contributed by atoms with E-state index < -0.39 is 0 Å². The third-order valence-corrected chi connectivity index (χ3v) is 2.75. The first-order valence-corrected chi connectivity index (χ1v) is 4.82. The van der Waals surface area contributed by atoms with Gasteiger partial charge < -0.3 is 4.57 Å². The van der Waals surface area contributed by atoms with Crippen molar-refractivity contribution in [2.75, 3.05) is 0 Å². The molecular formula is C10H14N2O. The molecule has 0 amide bonds. The average Bonchev–Trinajstić information content (AvgIpc) is 2.57. The molecule has 2 rings (SSSR count). The maximum Gasteiger partial charge on any atom is 0.269 e. The quantitative estimate of drug-likeness (QED) is 0.655. The smallest absolute Gasteiger partial charge is 0.269 e. The number of nitrogens with zero attached hydrogens (tertiary/aromatic N) is 2. The molecule has 0 spiro atoms. The van der Waals surface area contributed by atoms with Gasteiger partial charge in [0.25, 0.3) is 5.56 Å². The molecule has 0 radical (unpaired) electrons. The Morgan fingerprint density at radius 2 is 2.08 bits per heavy atom. The van der Waals surface area contributed by atoms with Crippen LogP contribution in [0.15, 0.2) is 17.2 Å². The Kier molecular flexibility index (Phi) is 2.17. The maximum absolute atomic E-state index is 11.5. The molecule has 1 aromatic rings. The standard InChI is InChI=1S/C10H14N2O/c1-8-6-11-7-10(13)12(8)9-4-2-3-5-9/h6-7,9H,2-5H2,1H3. The van der Waals surface area contributed by atoms with Crippen molar-refractivity contribution in [1.29, 1.82) is 0 Å². The van der Waals surface area contributed by atoms with Crippen LogP contribution in [0.1, 0.15) is 37.4 Å². The highest BCUT2D eigenvalue weighted by Gasteiger charge is 2.18. The summed E-state index contributed by atoms with van der Waals surface area (Å²) in [6.07, 6.45) is 7.96. The first-order chi connectivity index (χ1) is 6.29. The lowest BCUT2D eigenvalue weighted by Crippen LogP contribution is -2.25. The summed E-state index contributed by atoms with van der Waals surface area (Å²) in [7, 11) is 0. The number of aryl methyl sites for hydroxylation is 1. The molecule has 0 aromatic carbocycles. The van der Waals surface area contributed by atoms with E-state index in [2.05, 4.69) is 4.98 Å². The Labute approximate surface area is 77.4 Å². The summed E-state index contributed by atoms with van der Waals surface area (Å²) in [5.41, 5.74) is 1.03. The van der Waals surface area contributed by atoms with Gasteiger partial charge in [0.15, 0.2) is 0 Å². The molecule has 70 valence electrons. The Morgan fingerprint density at radius 3 is 2.69 bits per heavy atom. The predicted molar refractivity (Wildman–Crippen MR) is 50.7 cm³/mol. The Bertz CT molecular complexity index is 350. The lowest BCUT2D eigenvalue weighted by atomic mass is 10.2. The molecule has 0 N–H and O–H groups in total. The summed E-state index contributed by atoms with van der Waals surface area (Å²) >= 11 is 0. The highest BCUT2D eigenvalue weighted by atomic mass is 16.1. The van der Waals surface area contributed by atoms with Crippen LogP contribution in [0.2, 0.25) is 0 Å². The predicted octanol–water partition coefficient (Wildman–Crippen LogP) is 1.67. The van der Waals surface area contributed by atoms with Crippen molar-refractivity contribution < 1.29 is 0 Å². The summed E-state index contributed by atoms with van der Waals surface area (Å²) < 4.78 is 1.89. The van der Waals surface area contributed by atoms with Crippen LogP contribution < -0.4 is 5.56 Å². The van der Waals surface area contributed by atoms with Crippen molar-refractivity contribution in [3.8, 4) is 0 Å². The van der Waals surface area contributed by atoms with Crippen molar-refractivity contribution in [3.05, 3.63) is 28.4 Å². The van der Waals surface area contributed by atoms with Gasteiger partial charge in [0, 0.05) is 17.9 Å². The molecule has 1 aliphatic carbocycles. The fourth-order valence-corrected chi connectivity index (χ4v) is 2.14. The van der Waals surface area contributed by atoms with Crippen LogP contribution in [0, 0.1) is 6.92 Å². The minimum atomic E-state index is 0.0481. The van der Waals surface area contributed by atoms with E-state index in [-0.39, 0.29) is 5.56 Å². The van der Waals surface area contributed by atoms with Gasteiger partial charge in [-0.2, -0.15) is 0 Å². The molecule has 1 aliphatic rings. The summed E-state index contributed by atoms with van der Waals surface area (Å²) in [6, 6.07) is 0.426. The first kappa shape index (κ1) is 8.48. The van der Waals surface area contributed by atoms with E-state index in [0.717, 1.165) is 18.5 Å². The topological polar surface area (TPSA) is 34.9 Å². The second kappa shape index (κ2) is 3.32. The first-order valence-electron chi connectivity index (χ1n) is 4.82. The molecule has 1 aromatic heterocycles. The van der Waals surface area contributed by atoms with Gasteiger partial charge in [0.1, 0.15) is 0 Å². The molecule has 0 saturated heterocycles. The zero-order chi connectivity index (χ0) is 9.26. The molecule has 3 heteroatoms. The fraction of sp³-hybridized carbons (Fsp3) is 0.600. The molecule has 0 aliphatic heterocycles. The van der Waals surface area contributed by atoms with E-state index in [4.69, 9.17) is 0 Å². The summed E-state index contributed by atoms with van der Waals surface area (Å²) in [6.45, 7) is 1.95. The normalized spacial score (nSPS) is 17.9. The van der Waals surface area contributed by atoms with E-state index in [0.29, 0.717) is 6.04 Å². The van der Waals surface area contributed by atoms with Crippen LogP contribution in [0.5, 0.6) is 0 Å². The Morgan fingerprint density at radius 1 is 1.38 bits per heavy atom. The highest BCUT2D eigenvalue weighted by Crippen LogP contribution is 2.28. The van der Waals surface area contributed by atoms with Gasteiger partial charge in [-0.25, -0.2) is 0 Å². The second-order valence-electron chi connectivity index (χ2n) is 3.70. The summed E-state index contributed by atoms with van der Waals surface area (Å²) in [5.74, 6) is 0. The minimum Gasteiger partial charge on any atom is -0.307 e. The zero-order valence-corrected chi connectivity index (χ0v) is 7.86. The van der Waals surface area contributed by atoms with E-state index in [1.165, 1.54) is 19.0 Å². The van der Waals surface area contributed by atoms with Crippen molar-refractivity contribution in [2.24, 2.45) is 0 Å². The van der Waals surface area contributed by atoms with Gasteiger partial charge in [-0.15, -0.1) is 0 Å². The number of hydrogen-bond donors (Lipinski definition) is 0.